The second kappa shape index (κ2) is 5.96. The second-order valence-electron chi connectivity index (χ2n) is 4.75. The fraction of sp³-hybridized carbons (Fsp3) is 0.500. The van der Waals surface area contributed by atoms with Gasteiger partial charge in [-0.25, -0.2) is 5.01 Å². The number of nitrogen functional groups attached to an aromatic ring is 1. The summed E-state index contributed by atoms with van der Waals surface area (Å²) >= 11 is 0. The molecule has 0 bridgehead atoms. The molecule has 0 atom stereocenters. The van der Waals surface area contributed by atoms with Crippen LogP contribution in [0.25, 0.3) is 0 Å². The quantitative estimate of drug-likeness (QED) is 0.507. The summed E-state index contributed by atoms with van der Waals surface area (Å²) in [5, 5.41) is 1.92. The minimum absolute atomic E-state index is 0.190. The van der Waals surface area contributed by atoms with E-state index in [1.54, 1.807) is 6.07 Å². The number of nitrogens with one attached hydrogen (secondary N) is 2. The van der Waals surface area contributed by atoms with Crippen LogP contribution >= 0.6 is 0 Å². The highest BCUT2D eigenvalue weighted by atomic mass is 16.2. The lowest BCUT2D eigenvalue weighted by Crippen LogP contribution is -2.52. The van der Waals surface area contributed by atoms with Gasteiger partial charge in [0.15, 0.2) is 0 Å². The molecule has 0 saturated carbocycles. The van der Waals surface area contributed by atoms with Crippen molar-refractivity contribution in [2.75, 3.05) is 38.7 Å². The topological polar surface area (TPSA) is 86.5 Å². The molecule has 0 aliphatic carbocycles. The summed E-state index contributed by atoms with van der Waals surface area (Å²) in [5.41, 5.74) is 7.26. The average molecular weight is 264 g/mol. The number of piperazine rings is 1. The maximum Gasteiger partial charge on any atom is 0.269 e. The molecule has 0 spiro atoms. The lowest BCUT2D eigenvalue weighted by atomic mass is 10.2. The number of hydrazine groups is 2. The Balaban J connectivity index is 2.03. The Bertz CT molecular complexity index is 456. The van der Waals surface area contributed by atoms with E-state index >= 15 is 0 Å². The molecule has 4 N–H and O–H groups in total. The molecular formula is C12H20N6O. The number of nitrogens with zero attached hydrogens (tertiary/aromatic N) is 3. The van der Waals surface area contributed by atoms with Crippen molar-refractivity contribution < 1.29 is 4.79 Å². The number of hydrogen-bond donors (Lipinski definition) is 3. The molecule has 1 aromatic heterocycles. The van der Waals surface area contributed by atoms with Gasteiger partial charge < -0.3 is 10.3 Å². The molecular weight excluding hydrogens is 244 g/mol. The molecule has 7 heteroatoms. The van der Waals surface area contributed by atoms with Crippen LogP contribution in [0.5, 0.6) is 0 Å². The minimum Gasteiger partial charge on any atom is -0.323 e. The Kier molecular flexibility index (Phi) is 4.31. The van der Waals surface area contributed by atoms with Crippen LogP contribution in [0, 0.1) is 6.92 Å². The Morgan fingerprint density at radius 1 is 1.37 bits per heavy atom. The summed E-state index contributed by atoms with van der Waals surface area (Å²) in [6.45, 7) is 5.35. The van der Waals surface area contributed by atoms with Crippen LogP contribution in [-0.2, 0) is 0 Å². The van der Waals surface area contributed by atoms with E-state index in [0.717, 1.165) is 31.9 Å². The van der Waals surface area contributed by atoms with Crippen molar-refractivity contribution in [3.8, 4) is 0 Å². The first-order valence-corrected chi connectivity index (χ1v) is 6.28. The number of pyridine rings is 1. The molecule has 1 aromatic rings. The van der Waals surface area contributed by atoms with Gasteiger partial charge in [-0.3, -0.25) is 21.0 Å². The van der Waals surface area contributed by atoms with Gasteiger partial charge in [0.1, 0.15) is 0 Å². The van der Waals surface area contributed by atoms with Gasteiger partial charge in [0.2, 0.25) is 0 Å². The summed E-state index contributed by atoms with van der Waals surface area (Å²) in [4.78, 5) is 18.5. The van der Waals surface area contributed by atoms with Crippen LogP contribution in [0.4, 0.5) is 5.69 Å². The fourth-order valence-corrected chi connectivity index (χ4v) is 1.98. The molecule has 1 amide bonds. The standard InChI is InChI=1S/C12H20N6O/c1-9-7-11(15-13)10(8-14-9)12(19)16-18-5-3-17(2)4-6-18/h7-8H,3-6,13H2,1-2H3,(H,14,15)(H,16,19). The zero-order valence-corrected chi connectivity index (χ0v) is 11.3. The van der Waals surface area contributed by atoms with Gasteiger partial charge in [-0.15, -0.1) is 0 Å². The van der Waals surface area contributed by atoms with Crippen LogP contribution in [0.2, 0.25) is 0 Å². The predicted molar refractivity (Wildman–Crippen MR) is 73.3 cm³/mol. The summed E-state index contributed by atoms with van der Waals surface area (Å²) in [7, 11) is 2.07. The minimum atomic E-state index is -0.190. The zero-order chi connectivity index (χ0) is 13.8. The number of likely N-dealkylation sites (N-methyl/N-ethyl adjacent to an activating group) is 1. The lowest BCUT2D eigenvalue weighted by molar-refractivity contribution is 0.0663. The Morgan fingerprint density at radius 3 is 2.68 bits per heavy atom. The van der Waals surface area contributed by atoms with Gasteiger partial charge in [-0.1, -0.05) is 0 Å². The van der Waals surface area contributed by atoms with Crippen molar-refractivity contribution in [2.45, 2.75) is 6.92 Å². The molecule has 7 nitrogen and oxygen atoms in total. The molecule has 1 aliphatic heterocycles. The van der Waals surface area contributed by atoms with Gasteiger partial charge in [-0.2, -0.15) is 0 Å². The number of carbonyl (C=O) groups excluding carboxylic acids is 1. The first-order chi connectivity index (χ1) is 9.10. The maximum absolute atomic E-state index is 12.2. The van der Waals surface area contributed by atoms with Gasteiger partial charge in [0.25, 0.3) is 5.91 Å². The van der Waals surface area contributed by atoms with Gasteiger partial charge >= 0.3 is 0 Å². The number of aryl methyl sites for hydroxylation is 1. The summed E-state index contributed by atoms with van der Waals surface area (Å²) in [6.07, 6.45) is 1.54. The predicted octanol–water partition coefficient (Wildman–Crippen LogP) is -0.432. The lowest BCUT2D eigenvalue weighted by Gasteiger charge is -2.32. The van der Waals surface area contributed by atoms with Crippen LogP contribution in [0.3, 0.4) is 0 Å². The number of rotatable bonds is 3. The largest absolute Gasteiger partial charge is 0.323 e. The highest BCUT2D eigenvalue weighted by Crippen LogP contribution is 2.14. The SMILES string of the molecule is Cc1cc(NN)c(C(=O)NN2CCN(C)CC2)cn1. The summed E-state index contributed by atoms with van der Waals surface area (Å²) < 4.78 is 0. The number of anilines is 1. The van der Waals surface area contributed by atoms with E-state index < -0.39 is 0 Å². The third kappa shape index (κ3) is 3.40. The molecule has 0 radical (unpaired) electrons. The Labute approximate surface area is 112 Å². The summed E-state index contributed by atoms with van der Waals surface area (Å²) in [5.74, 6) is 5.24. The van der Waals surface area contributed by atoms with E-state index in [1.165, 1.54) is 6.20 Å². The summed E-state index contributed by atoms with van der Waals surface area (Å²) in [6, 6.07) is 1.75. The molecule has 0 unspecified atom stereocenters. The van der Waals surface area contributed by atoms with Crippen molar-refractivity contribution in [1.29, 1.82) is 0 Å². The maximum atomic E-state index is 12.2. The van der Waals surface area contributed by atoms with Crippen molar-refractivity contribution in [3.63, 3.8) is 0 Å². The van der Waals surface area contributed by atoms with Crippen LogP contribution < -0.4 is 16.7 Å². The number of amides is 1. The second-order valence-corrected chi connectivity index (χ2v) is 4.75. The van der Waals surface area contributed by atoms with E-state index in [-0.39, 0.29) is 5.91 Å². The van der Waals surface area contributed by atoms with E-state index in [1.807, 2.05) is 11.9 Å². The number of hydrogen-bond acceptors (Lipinski definition) is 6. The third-order valence-electron chi connectivity index (χ3n) is 3.20. The van der Waals surface area contributed by atoms with Crippen molar-refractivity contribution in [2.24, 2.45) is 5.84 Å². The van der Waals surface area contributed by atoms with Crippen LogP contribution in [-0.4, -0.2) is 54.0 Å². The third-order valence-corrected chi connectivity index (χ3v) is 3.20. The molecule has 19 heavy (non-hydrogen) atoms. The first-order valence-electron chi connectivity index (χ1n) is 6.28. The number of carbonyl (C=O) groups is 1. The first kappa shape index (κ1) is 13.7. The fourth-order valence-electron chi connectivity index (χ4n) is 1.98. The van der Waals surface area contributed by atoms with E-state index in [4.69, 9.17) is 5.84 Å². The number of nitrogens with two attached hydrogens (primary N) is 1. The van der Waals surface area contributed by atoms with E-state index in [2.05, 4.69) is 27.8 Å². The van der Waals surface area contributed by atoms with Crippen molar-refractivity contribution in [1.82, 2.24) is 20.3 Å². The Morgan fingerprint density at radius 2 is 2.05 bits per heavy atom. The normalized spacial score (nSPS) is 17.2. The molecule has 2 heterocycles. The molecule has 1 fully saturated rings. The molecule has 1 saturated heterocycles. The van der Waals surface area contributed by atoms with Gasteiger partial charge in [0, 0.05) is 38.1 Å². The van der Waals surface area contributed by atoms with E-state index in [9.17, 15) is 4.79 Å². The highest BCUT2D eigenvalue weighted by Gasteiger charge is 2.18. The molecule has 0 aromatic carbocycles. The Hall–Kier alpha value is -1.70. The monoisotopic (exact) mass is 264 g/mol. The average Bonchev–Trinajstić information content (AvgIpc) is 2.41. The van der Waals surface area contributed by atoms with Crippen LogP contribution in [0.1, 0.15) is 16.1 Å². The van der Waals surface area contributed by atoms with Crippen molar-refractivity contribution >= 4 is 11.6 Å². The van der Waals surface area contributed by atoms with Crippen LogP contribution in [0.15, 0.2) is 12.3 Å². The number of aromatic nitrogens is 1. The highest BCUT2D eigenvalue weighted by molar-refractivity contribution is 5.99. The van der Waals surface area contributed by atoms with E-state index in [0.29, 0.717) is 11.3 Å². The van der Waals surface area contributed by atoms with Gasteiger partial charge in [0.05, 0.1) is 11.3 Å². The van der Waals surface area contributed by atoms with Gasteiger partial charge in [-0.05, 0) is 20.0 Å². The molecule has 104 valence electrons. The molecule has 2 rings (SSSR count). The molecule has 1 aliphatic rings. The van der Waals surface area contributed by atoms with Crippen molar-refractivity contribution in [3.05, 3.63) is 23.5 Å². The zero-order valence-electron chi connectivity index (χ0n) is 11.3. The smallest absolute Gasteiger partial charge is 0.269 e.